The third kappa shape index (κ3) is 2.65. The van der Waals surface area contributed by atoms with E-state index in [9.17, 15) is 4.79 Å². The highest BCUT2D eigenvalue weighted by molar-refractivity contribution is 8.00. The van der Waals surface area contributed by atoms with Gasteiger partial charge in [-0.3, -0.25) is 4.79 Å². The number of aromatic nitrogens is 4. The van der Waals surface area contributed by atoms with Crippen molar-refractivity contribution >= 4 is 34.2 Å². The highest BCUT2D eigenvalue weighted by Crippen LogP contribution is 2.29. The molecule has 3 aromatic rings. The molecule has 1 saturated heterocycles. The number of aryl methyl sites for hydroxylation is 1. The van der Waals surface area contributed by atoms with Gasteiger partial charge in [0.1, 0.15) is 5.82 Å². The number of hydrogen-bond acceptors (Lipinski definition) is 5. The standard InChI is InChI=1S/C16H17N5OS/c1-10-18-14-11-6-2-3-7-12(11)19-16(21(14)20-10)23-13-8-4-5-9-17-15(13)22/h2-3,6-7,13H,4-5,8-9H2,1H3,(H,17,22)/t13-/m1/s1. The number of amides is 1. The molecule has 1 N–H and O–H groups in total. The van der Waals surface area contributed by atoms with Gasteiger partial charge in [-0.25, -0.2) is 9.97 Å². The molecular formula is C16H17N5OS. The van der Waals surface area contributed by atoms with Crippen LogP contribution in [0.15, 0.2) is 29.4 Å². The minimum Gasteiger partial charge on any atom is -0.355 e. The smallest absolute Gasteiger partial charge is 0.233 e. The molecule has 1 aliphatic heterocycles. The number of fused-ring (bicyclic) bond motifs is 3. The maximum atomic E-state index is 12.2. The molecule has 1 amide bonds. The number of hydrogen-bond donors (Lipinski definition) is 1. The monoisotopic (exact) mass is 327 g/mol. The summed E-state index contributed by atoms with van der Waals surface area (Å²) in [6.07, 6.45) is 2.94. The van der Waals surface area contributed by atoms with Gasteiger partial charge in [0.15, 0.2) is 10.8 Å². The van der Waals surface area contributed by atoms with Crippen LogP contribution in [0.4, 0.5) is 0 Å². The van der Waals surface area contributed by atoms with E-state index in [4.69, 9.17) is 4.98 Å². The molecule has 0 bridgehead atoms. The van der Waals surface area contributed by atoms with Crippen LogP contribution >= 0.6 is 11.8 Å². The van der Waals surface area contributed by atoms with Crippen molar-refractivity contribution in [3.05, 3.63) is 30.1 Å². The Bertz CT molecular complexity index is 891. The lowest BCUT2D eigenvalue weighted by atomic mass is 10.2. The molecule has 6 nitrogen and oxygen atoms in total. The normalized spacial score (nSPS) is 19.0. The van der Waals surface area contributed by atoms with Crippen molar-refractivity contribution in [1.82, 2.24) is 24.9 Å². The van der Waals surface area contributed by atoms with Gasteiger partial charge in [-0.1, -0.05) is 30.3 Å². The van der Waals surface area contributed by atoms with Crippen LogP contribution in [0.3, 0.4) is 0 Å². The van der Waals surface area contributed by atoms with Crippen molar-refractivity contribution in [2.75, 3.05) is 6.54 Å². The molecule has 7 heteroatoms. The van der Waals surface area contributed by atoms with E-state index in [1.165, 1.54) is 11.8 Å². The Morgan fingerprint density at radius 3 is 3.04 bits per heavy atom. The first kappa shape index (κ1) is 14.4. The molecule has 23 heavy (non-hydrogen) atoms. The summed E-state index contributed by atoms with van der Waals surface area (Å²) in [5.74, 6) is 0.794. The van der Waals surface area contributed by atoms with E-state index < -0.39 is 0 Å². The topological polar surface area (TPSA) is 72.2 Å². The third-order valence-corrected chi connectivity index (χ3v) is 5.20. The quantitative estimate of drug-likeness (QED) is 0.732. The fourth-order valence-corrected chi connectivity index (χ4v) is 3.97. The fourth-order valence-electron chi connectivity index (χ4n) is 2.86. The zero-order valence-corrected chi connectivity index (χ0v) is 13.6. The third-order valence-electron chi connectivity index (χ3n) is 3.99. The van der Waals surface area contributed by atoms with Gasteiger partial charge >= 0.3 is 0 Å². The molecule has 4 rings (SSSR count). The van der Waals surface area contributed by atoms with Crippen LogP contribution in [0.2, 0.25) is 0 Å². The Labute approximate surface area is 137 Å². The van der Waals surface area contributed by atoms with Gasteiger partial charge in [0.25, 0.3) is 0 Å². The van der Waals surface area contributed by atoms with Gasteiger partial charge < -0.3 is 5.32 Å². The Balaban J connectivity index is 1.82. The molecule has 3 heterocycles. The SMILES string of the molecule is Cc1nc2c3ccccc3nc(S[C@@H]3CCCCNC3=O)n2n1. The number of nitrogens with one attached hydrogen (secondary N) is 1. The Hall–Kier alpha value is -2.15. The largest absolute Gasteiger partial charge is 0.355 e. The maximum Gasteiger partial charge on any atom is 0.233 e. The number of benzene rings is 1. The lowest BCUT2D eigenvalue weighted by Gasteiger charge is -2.13. The first-order chi connectivity index (χ1) is 11.2. The summed E-state index contributed by atoms with van der Waals surface area (Å²) in [5.41, 5.74) is 1.67. The lowest BCUT2D eigenvalue weighted by Crippen LogP contribution is -2.30. The van der Waals surface area contributed by atoms with Crippen LogP contribution < -0.4 is 5.32 Å². The molecular weight excluding hydrogens is 310 g/mol. The van der Waals surface area contributed by atoms with Crippen molar-refractivity contribution in [3.63, 3.8) is 0 Å². The number of para-hydroxylation sites is 1. The highest BCUT2D eigenvalue weighted by Gasteiger charge is 2.24. The molecule has 2 aromatic heterocycles. The van der Waals surface area contributed by atoms with Gasteiger partial charge in [0.05, 0.1) is 10.8 Å². The Morgan fingerprint density at radius 2 is 2.13 bits per heavy atom. The van der Waals surface area contributed by atoms with E-state index >= 15 is 0 Å². The number of carbonyl (C=O) groups is 1. The molecule has 0 radical (unpaired) electrons. The average molecular weight is 327 g/mol. The first-order valence-corrected chi connectivity index (χ1v) is 8.67. The molecule has 0 unspecified atom stereocenters. The van der Waals surface area contributed by atoms with Gasteiger partial charge in [0.2, 0.25) is 5.91 Å². The summed E-state index contributed by atoms with van der Waals surface area (Å²) in [6.45, 7) is 2.63. The summed E-state index contributed by atoms with van der Waals surface area (Å²) in [5, 5.41) is 9.01. The van der Waals surface area contributed by atoms with Crippen molar-refractivity contribution in [2.24, 2.45) is 0 Å². The second-order valence-electron chi connectivity index (χ2n) is 5.70. The molecule has 1 aromatic carbocycles. The van der Waals surface area contributed by atoms with Gasteiger partial charge in [-0.05, 0) is 31.9 Å². The van der Waals surface area contributed by atoms with Crippen LogP contribution in [0.25, 0.3) is 16.6 Å². The van der Waals surface area contributed by atoms with E-state index in [1.54, 1.807) is 4.52 Å². The van der Waals surface area contributed by atoms with Crippen molar-refractivity contribution in [2.45, 2.75) is 36.6 Å². The zero-order valence-electron chi connectivity index (χ0n) is 12.8. The van der Waals surface area contributed by atoms with E-state index in [0.29, 0.717) is 5.82 Å². The minimum absolute atomic E-state index is 0.0902. The van der Waals surface area contributed by atoms with E-state index in [1.807, 2.05) is 31.2 Å². The summed E-state index contributed by atoms with van der Waals surface area (Å²) in [6, 6.07) is 7.90. The number of thioether (sulfide) groups is 1. The van der Waals surface area contributed by atoms with Crippen LogP contribution in [0.5, 0.6) is 0 Å². The van der Waals surface area contributed by atoms with Crippen molar-refractivity contribution < 1.29 is 4.79 Å². The average Bonchev–Trinajstić information content (AvgIpc) is 2.84. The first-order valence-electron chi connectivity index (χ1n) is 7.79. The number of rotatable bonds is 2. The van der Waals surface area contributed by atoms with Crippen LogP contribution in [0.1, 0.15) is 25.1 Å². The van der Waals surface area contributed by atoms with Gasteiger partial charge in [-0.2, -0.15) is 4.52 Å². The molecule has 1 fully saturated rings. The Kier molecular flexibility index (Phi) is 3.65. The molecule has 1 aliphatic rings. The molecule has 0 saturated carbocycles. The number of nitrogens with zero attached hydrogens (tertiary/aromatic N) is 4. The maximum absolute atomic E-state index is 12.2. The molecule has 118 valence electrons. The highest BCUT2D eigenvalue weighted by atomic mass is 32.2. The second-order valence-corrected chi connectivity index (χ2v) is 6.87. The van der Waals surface area contributed by atoms with Crippen molar-refractivity contribution in [1.29, 1.82) is 0 Å². The summed E-state index contributed by atoms with van der Waals surface area (Å²) in [7, 11) is 0. The predicted molar refractivity (Wildman–Crippen MR) is 89.5 cm³/mol. The van der Waals surface area contributed by atoms with E-state index in [0.717, 1.165) is 47.5 Å². The molecule has 0 aliphatic carbocycles. The number of carbonyl (C=O) groups excluding carboxylic acids is 1. The molecule has 1 atom stereocenters. The van der Waals surface area contributed by atoms with Crippen LogP contribution in [0, 0.1) is 6.92 Å². The van der Waals surface area contributed by atoms with Crippen LogP contribution in [-0.4, -0.2) is 37.3 Å². The predicted octanol–water partition coefficient (Wildman–Crippen LogP) is 2.35. The lowest BCUT2D eigenvalue weighted by molar-refractivity contribution is -0.120. The van der Waals surface area contributed by atoms with Gasteiger partial charge in [-0.15, -0.1) is 5.10 Å². The summed E-state index contributed by atoms with van der Waals surface area (Å²) >= 11 is 1.48. The van der Waals surface area contributed by atoms with E-state index in [2.05, 4.69) is 15.4 Å². The fraction of sp³-hybridized carbons (Fsp3) is 0.375. The van der Waals surface area contributed by atoms with Crippen molar-refractivity contribution in [3.8, 4) is 0 Å². The Morgan fingerprint density at radius 1 is 1.26 bits per heavy atom. The zero-order chi connectivity index (χ0) is 15.8. The summed E-state index contributed by atoms with van der Waals surface area (Å²) in [4.78, 5) is 21.5. The second kappa shape index (κ2) is 5.81. The van der Waals surface area contributed by atoms with Crippen LogP contribution in [-0.2, 0) is 4.79 Å². The summed E-state index contributed by atoms with van der Waals surface area (Å²) < 4.78 is 1.76. The molecule has 0 spiro atoms. The minimum atomic E-state index is -0.126. The van der Waals surface area contributed by atoms with Gasteiger partial charge in [0, 0.05) is 11.9 Å². The van der Waals surface area contributed by atoms with E-state index in [-0.39, 0.29) is 11.2 Å².